The summed E-state index contributed by atoms with van der Waals surface area (Å²) in [5, 5.41) is 14.9. The molecular formula is C20H18N2O3. The molecule has 2 aromatic rings. The van der Waals surface area contributed by atoms with Crippen molar-refractivity contribution in [3.8, 4) is 0 Å². The van der Waals surface area contributed by atoms with Crippen LogP contribution in [0.2, 0.25) is 0 Å². The number of hydrogen-bond acceptors (Lipinski definition) is 4. The molecule has 0 bridgehead atoms. The summed E-state index contributed by atoms with van der Waals surface area (Å²) in [7, 11) is 0. The number of anilines is 1. The SMILES string of the molecule is CC(=O)c1ccc2c(c1)[C@H]1C=CC[C@@H]1[C@@H](c1ccccc1[N+](=O)[O-])N2. The third-order valence-electron chi connectivity index (χ3n) is 5.24. The summed E-state index contributed by atoms with van der Waals surface area (Å²) in [6, 6.07) is 12.5. The van der Waals surface area contributed by atoms with Crippen LogP contribution in [0.15, 0.2) is 54.6 Å². The molecule has 1 heterocycles. The van der Waals surface area contributed by atoms with Crippen LogP contribution in [-0.2, 0) is 0 Å². The number of Topliss-reactive ketones (excluding diaryl/α,β-unsaturated/α-hetero) is 1. The van der Waals surface area contributed by atoms with E-state index >= 15 is 0 Å². The van der Waals surface area contributed by atoms with Gasteiger partial charge in [0.1, 0.15) is 0 Å². The molecule has 1 aliphatic carbocycles. The number of fused-ring (bicyclic) bond motifs is 3. The molecular weight excluding hydrogens is 316 g/mol. The molecule has 5 nitrogen and oxygen atoms in total. The monoisotopic (exact) mass is 334 g/mol. The van der Waals surface area contributed by atoms with Crippen molar-refractivity contribution in [1.82, 2.24) is 0 Å². The van der Waals surface area contributed by atoms with Crippen molar-refractivity contribution >= 4 is 17.2 Å². The van der Waals surface area contributed by atoms with E-state index in [2.05, 4.69) is 17.5 Å². The number of ketones is 1. The number of carbonyl (C=O) groups excluding carboxylic acids is 1. The van der Waals surface area contributed by atoms with Gasteiger partial charge >= 0.3 is 0 Å². The first-order valence-electron chi connectivity index (χ1n) is 8.37. The van der Waals surface area contributed by atoms with Crippen LogP contribution in [0, 0.1) is 16.0 Å². The van der Waals surface area contributed by atoms with E-state index in [1.54, 1.807) is 19.1 Å². The lowest BCUT2D eigenvalue weighted by Crippen LogP contribution is -2.29. The second-order valence-electron chi connectivity index (χ2n) is 6.65. The number of allylic oxidation sites excluding steroid dienone is 2. The minimum absolute atomic E-state index is 0.0437. The van der Waals surface area contributed by atoms with Crippen LogP contribution in [-0.4, -0.2) is 10.7 Å². The lowest BCUT2D eigenvalue weighted by Gasteiger charge is -2.37. The largest absolute Gasteiger partial charge is 0.377 e. The zero-order valence-electron chi connectivity index (χ0n) is 13.8. The van der Waals surface area contributed by atoms with Gasteiger partial charge in [0, 0.05) is 23.2 Å². The van der Waals surface area contributed by atoms with E-state index < -0.39 is 0 Å². The number of nitro benzene ring substituents is 1. The molecule has 0 aromatic heterocycles. The maximum atomic E-state index is 11.7. The molecule has 2 aromatic carbocycles. The summed E-state index contributed by atoms with van der Waals surface area (Å²) in [5.41, 5.74) is 3.60. The van der Waals surface area contributed by atoms with Crippen LogP contribution in [0.5, 0.6) is 0 Å². The highest BCUT2D eigenvalue weighted by molar-refractivity contribution is 5.95. The van der Waals surface area contributed by atoms with Crippen molar-refractivity contribution in [3.63, 3.8) is 0 Å². The van der Waals surface area contributed by atoms with Gasteiger partial charge in [-0.25, -0.2) is 0 Å². The van der Waals surface area contributed by atoms with Crippen LogP contribution in [0.1, 0.15) is 46.8 Å². The first kappa shape index (κ1) is 15.6. The minimum atomic E-state index is -0.317. The molecule has 0 fully saturated rings. The van der Waals surface area contributed by atoms with Crippen molar-refractivity contribution in [2.75, 3.05) is 5.32 Å². The fourth-order valence-corrected chi connectivity index (χ4v) is 4.04. The lowest BCUT2D eigenvalue weighted by molar-refractivity contribution is -0.385. The molecule has 0 unspecified atom stereocenters. The van der Waals surface area contributed by atoms with Gasteiger partial charge in [-0.05, 0) is 43.0 Å². The quantitative estimate of drug-likeness (QED) is 0.385. The molecule has 0 saturated carbocycles. The van der Waals surface area contributed by atoms with Crippen molar-refractivity contribution in [2.24, 2.45) is 5.92 Å². The number of nitrogens with zero attached hydrogens (tertiary/aromatic N) is 1. The summed E-state index contributed by atoms with van der Waals surface area (Å²) in [6.45, 7) is 1.57. The standard InChI is InChI=1S/C20H18N2O3/c1-12(23)13-9-10-18-17(11-13)14-6-4-7-15(14)20(21-18)16-5-2-3-8-19(16)22(24)25/h2-6,8-11,14-15,20-21H,7H2,1H3/t14-,15-,20-/m0/s1. The fourth-order valence-electron chi connectivity index (χ4n) is 4.04. The highest BCUT2D eigenvalue weighted by atomic mass is 16.6. The highest BCUT2D eigenvalue weighted by Crippen LogP contribution is 2.51. The van der Waals surface area contributed by atoms with Crippen LogP contribution in [0.4, 0.5) is 11.4 Å². The summed E-state index contributed by atoms with van der Waals surface area (Å²) in [4.78, 5) is 22.8. The molecule has 5 heteroatoms. The Hall–Kier alpha value is -2.95. The van der Waals surface area contributed by atoms with E-state index in [-0.39, 0.29) is 34.3 Å². The van der Waals surface area contributed by atoms with Crippen LogP contribution in [0.25, 0.3) is 0 Å². The predicted molar refractivity (Wildman–Crippen MR) is 95.9 cm³/mol. The van der Waals surface area contributed by atoms with E-state index in [4.69, 9.17) is 0 Å². The number of para-hydroxylation sites is 1. The van der Waals surface area contributed by atoms with Gasteiger partial charge in [0.05, 0.1) is 16.5 Å². The van der Waals surface area contributed by atoms with E-state index in [0.717, 1.165) is 17.7 Å². The predicted octanol–water partition coefficient (Wildman–Crippen LogP) is 4.62. The van der Waals surface area contributed by atoms with E-state index in [0.29, 0.717) is 11.1 Å². The molecule has 2 aliphatic rings. The van der Waals surface area contributed by atoms with Gasteiger partial charge in [0.25, 0.3) is 5.69 Å². The third kappa shape index (κ3) is 2.52. The number of carbonyl (C=O) groups is 1. The maximum absolute atomic E-state index is 11.7. The lowest BCUT2D eigenvalue weighted by atomic mass is 9.76. The second-order valence-corrected chi connectivity index (χ2v) is 6.65. The molecule has 3 atom stereocenters. The van der Waals surface area contributed by atoms with Gasteiger partial charge in [-0.1, -0.05) is 30.4 Å². The second kappa shape index (κ2) is 5.84. The molecule has 0 amide bonds. The number of rotatable bonds is 3. The van der Waals surface area contributed by atoms with Gasteiger partial charge in [0.15, 0.2) is 5.78 Å². The molecule has 126 valence electrons. The van der Waals surface area contributed by atoms with Crippen LogP contribution < -0.4 is 5.32 Å². The van der Waals surface area contributed by atoms with Gasteiger partial charge in [-0.3, -0.25) is 14.9 Å². The van der Waals surface area contributed by atoms with E-state index in [1.165, 1.54) is 0 Å². The number of nitrogens with one attached hydrogen (secondary N) is 1. The minimum Gasteiger partial charge on any atom is -0.377 e. The zero-order valence-corrected chi connectivity index (χ0v) is 13.8. The molecule has 1 N–H and O–H groups in total. The Morgan fingerprint density at radius 3 is 2.76 bits per heavy atom. The fraction of sp³-hybridized carbons (Fsp3) is 0.250. The molecule has 1 aliphatic heterocycles. The summed E-state index contributed by atoms with van der Waals surface area (Å²) >= 11 is 0. The Bertz CT molecular complexity index is 904. The number of benzene rings is 2. The zero-order chi connectivity index (χ0) is 17.6. The van der Waals surface area contributed by atoms with Crippen molar-refractivity contribution in [2.45, 2.75) is 25.3 Å². The average molecular weight is 334 g/mol. The van der Waals surface area contributed by atoms with Gasteiger partial charge in [0.2, 0.25) is 0 Å². The molecule has 0 saturated heterocycles. The van der Waals surface area contributed by atoms with Crippen molar-refractivity contribution < 1.29 is 9.72 Å². The van der Waals surface area contributed by atoms with Crippen molar-refractivity contribution in [3.05, 3.63) is 81.4 Å². The Labute approximate surface area is 145 Å². The highest BCUT2D eigenvalue weighted by Gasteiger charge is 2.40. The first-order valence-corrected chi connectivity index (χ1v) is 8.37. The van der Waals surface area contributed by atoms with Gasteiger partial charge < -0.3 is 5.32 Å². The Morgan fingerprint density at radius 1 is 1.20 bits per heavy atom. The first-order chi connectivity index (χ1) is 12.1. The van der Waals surface area contributed by atoms with Crippen molar-refractivity contribution in [1.29, 1.82) is 0 Å². The van der Waals surface area contributed by atoms with Crippen LogP contribution >= 0.6 is 0 Å². The summed E-state index contributed by atoms with van der Waals surface area (Å²) < 4.78 is 0. The Balaban J connectivity index is 1.81. The van der Waals surface area contributed by atoms with E-state index in [1.807, 2.05) is 30.3 Å². The summed E-state index contributed by atoms with van der Waals surface area (Å²) in [6.07, 6.45) is 5.16. The maximum Gasteiger partial charge on any atom is 0.274 e. The number of hydrogen-bond donors (Lipinski definition) is 1. The summed E-state index contributed by atoms with van der Waals surface area (Å²) in [5.74, 6) is 0.415. The molecule has 0 spiro atoms. The van der Waals surface area contributed by atoms with E-state index in [9.17, 15) is 14.9 Å². The topological polar surface area (TPSA) is 72.2 Å². The van der Waals surface area contributed by atoms with Crippen LogP contribution in [0.3, 0.4) is 0 Å². The normalized spacial score (nSPS) is 23.5. The molecule has 0 radical (unpaired) electrons. The van der Waals surface area contributed by atoms with Gasteiger partial charge in [-0.15, -0.1) is 0 Å². The molecule has 25 heavy (non-hydrogen) atoms. The van der Waals surface area contributed by atoms with Gasteiger partial charge in [-0.2, -0.15) is 0 Å². The average Bonchev–Trinajstić information content (AvgIpc) is 3.10. The molecule has 4 rings (SSSR count). The third-order valence-corrected chi connectivity index (χ3v) is 5.24. The number of nitro groups is 1. The Morgan fingerprint density at radius 2 is 2.00 bits per heavy atom. The Kier molecular flexibility index (Phi) is 3.64. The smallest absolute Gasteiger partial charge is 0.274 e.